The highest BCUT2D eigenvalue weighted by Gasteiger charge is 2.20. The van der Waals surface area contributed by atoms with Crippen molar-refractivity contribution in [1.29, 1.82) is 0 Å². The topological polar surface area (TPSA) is 41.4 Å². The van der Waals surface area contributed by atoms with Gasteiger partial charge in [0.25, 0.3) is 0 Å². The quantitative estimate of drug-likeness (QED) is 0.736. The van der Waals surface area contributed by atoms with Crippen LogP contribution in [0.25, 0.3) is 0 Å². The van der Waals surface area contributed by atoms with Gasteiger partial charge >= 0.3 is 0 Å². The van der Waals surface area contributed by atoms with Crippen molar-refractivity contribution < 1.29 is 4.79 Å². The van der Waals surface area contributed by atoms with Gasteiger partial charge in [-0.25, -0.2) is 4.98 Å². The fourth-order valence-electron chi connectivity index (χ4n) is 2.49. The second-order valence-electron chi connectivity index (χ2n) is 5.22. The first-order valence-electron chi connectivity index (χ1n) is 7.29. The molecule has 1 saturated heterocycles. The Balaban J connectivity index is 1.70. The Morgan fingerprint density at radius 1 is 1.35 bits per heavy atom. The SMILES string of the molecule is C=CCCC(=O)N1CCN(CCn2ccnc2C)CC1. The Bertz CT molecular complexity index is 446. The maximum absolute atomic E-state index is 11.9. The minimum atomic E-state index is 0.259. The second-order valence-corrected chi connectivity index (χ2v) is 5.22. The molecule has 20 heavy (non-hydrogen) atoms. The van der Waals surface area contributed by atoms with Gasteiger partial charge in [-0.05, 0) is 13.3 Å². The zero-order chi connectivity index (χ0) is 14.4. The summed E-state index contributed by atoms with van der Waals surface area (Å²) in [5, 5.41) is 0. The van der Waals surface area contributed by atoms with Crippen LogP contribution in [0.1, 0.15) is 18.7 Å². The minimum absolute atomic E-state index is 0.259. The summed E-state index contributed by atoms with van der Waals surface area (Å²) >= 11 is 0. The van der Waals surface area contributed by atoms with E-state index >= 15 is 0 Å². The zero-order valence-electron chi connectivity index (χ0n) is 12.3. The molecule has 0 atom stereocenters. The monoisotopic (exact) mass is 276 g/mol. The highest BCUT2D eigenvalue weighted by atomic mass is 16.2. The molecule has 0 spiro atoms. The molecule has 0 radical (unpaired) electrons. The van der Waals surface area contributed by atoms with Crippen LogP contribution in [-0.4, -0.2) is 58.0 Å². The Morgan fingerprint density at radius 2 is 2.10 bits per heavy atom. The fourth-order valence-corrected chi connectivity index (χ4v) is 2.49. The van der Waals surface area contributed by atoms with Crippen molar-refractivity contribution in [2.75, 3.05) is 32.7 Å². The normalized spacial score (nSPS) is 16.4. The summed E-state index contributed by atoms with van der Waals surface area (Å²) in [5.41, 5.74) is 0. The number of allylic oxidation sites excluding steroid dienone is 1. The lowest BCUT2D eigenvalue weighted by Gasteiger charge is -2.34. The number of aromatic nitrogens is 2. The molecular weight excluding hydrogens is 252 g/mol. The molecule has 0 N–H and O–H groups in total. The number of rotatable bonds is 6. The predicted octanol–water partition coefficient (Wildman–Crippen LogP) is 1.30. The Labute approximate surface area is 120 Å². The molecule has 1 aromatic rings. The third-order valence-electron chi connectivity index (χ3n) is 3.87. The molecule has 5 heteroatoms. The van der Waals surface area contributed by atoms with E-state index < -0.39 is 0 Å². The number of carbonyl (C=O) groups excluding carboxylic acids is 1. The molecule has 1 aliphatic rings. The van der Waals surface area contributed by atoms with E-state index in [9.17, 15) is 4.79 Å². The number of aryl methyl sites for hydroxylation is 1. The fraction of sp³-hybridized carbons (Fsp3) is 0.600. The van der Waals surface area contributed by atoms with E-state index in [1.54, 1.807) is 0 Å². The van der Waals surface area contributed by atoms with Crippen LogP contribution in [0.5, 0.6) is 0 Å². The van der Waals surface area contributed by atoms with Gasteiger partial charge in [-0.1, -0.05) is 6.08 Å². The smallest absolute Gasteiger partial charge is 0.222 e. The van der Waals surface area contributed by atoms with E-state index in [1.807, 2.05) is 30.3 Å². The van der Waals surface area contributed by atoms with Crippen molar-refractivity contribution in [3.63, 3.8) is 0 Å². The summed E-state index contributed by atoms with van der Waals surface area (Å²) in [4.78, 5) is 20.5. The Morgan fingerprint density at radius 3 is 2.70 bits per heavy atom. The van der Waals surface area contributed by atoms with E-state index in [1.165, 1.54) is 0 Å². The van der Waals surface area contributed by atoms with Gasteiger partial charge in [-0.15, -0.1) is 6.58 Å². The molecule has 1 aliphatic heterocycles. The first kappa shape index (κ1) is 14.8. The lowest BCUT2D eigenvalue weighted by molar-refractivity contribution is -0.132. The summed E-state index contributed by atoms with van der Waals surface area (Å²) in [6.07, 6.45) is 7.04. The average molecular weight is 276 g/mol. The van der Waals surface area contributed by atoms with Crippen LogP contribution < -0.4 is 0 Å². The van der Waals surface area contributed by atoms with Gasteiger partial charge < -0.3 is 9.47 Å². The van der Waals surface area contributed by atoms with Crippen molar-refractivity contribution in [2.24, 2.45) is 0 Å². The zero-order valence-corrected chi connectivity index (χ0v) is 12.3. The van der Waals surface area contributed by atoms with Gasteiger partial charge in [0, 0.05) is 58.1 Å². The van der Waals surface area contributed by atoms with Gasteiger partial charge in [-0.2, -0.15) is 0 Å². The van der Waals surface area contributed by atoms with Crippen molar-refractivity contribution in [3.8, 4) is 0 Å². The maximum atomic E-state index is 11.9. The molecule has 5 nitrogen and oxygen atoms in total. The van der Waals surface area contributed by atoms with Crippen LogP contribution in [-0.2, 0) is 11.3 Å². The lowest BCUT2D eigenvalue weighted by Crippen LogP contribution is -2.49. The van der Waals surface area contributed by atoms with Crippen LogP contribution in [0, 0.1) is 6.92 Å². The van der Waals surface area contributed by atoms with Crippen LogP contribution >= 0.6 is 0 Å². The maximum Gasteiger partial charge on any atom is 0.222 e. The number of carbonyl (C=O) groups is 1. The Kier molecular flexibility index (Phi) is 5.35. The van der Waals surface area contributed by atoms with E-state index in [0.29, 0.717) is 6.42 Å². The summed E-state index contributed by atoms with van der Waals surface area (Å²) in [7, 11) is 0. The number of piperazine rings is 1. The molecular formula is C15H24N4O. The predicted molar refractivity (Wildman–Crippen MR) is 79.4 cm³/mol. The first-order chi connectivity index (χ1) is 9.70. The molecule has 2 rings (SSSR count). The number of hydrogen-bond donors (Lipinski definition) is 0. The molecule has 2 heterocycles. The highest BCUT2D eigenvalue weighted by Crippen LogP contribution is 2.06. The Hall–Kier alpha value is -1.62. The lowest BCUT2D eigenvalue weighted by atomic mass is 10.2. The third-order valence-corrected chi connectivity index (χ3v) is 3.87. The first-order valence-corrected chi connectivity index (χ1v) is 7.29. The highest BCUT2D eigenvalue weighted by molar-refractivity contribution is 5.76. The summed E-state index contributed by atoms with van der Waals surface area (Å²) < 4.78 is 2.17. The minimum Gasteiger partial charge on any atom is -0.340 e. The van der Waals surface area contributed by atoms with E-state index in [-0.39, 0.29) is 5.91 Å². The van der Waals surface area contributed by atoms with E-state index in [4.69, 9.17) is 0 Å². The second kappa shape index (κ2) is 7.24. The van der Waals surface area contributed by atoms with Gasteiger partial charge in [0.1, 0.15) is 5.82 Å². The molecule has 0 aromatic carbocycles. The summed E-state index contributed by atoms with van der Waals surface area (Å²) in [6.45, 7) is 11.3. The van der Waals surface area contributed by atoms with Crippen molar-refractivity contribution in [3.05, 3.63) is 30.9 Å². The van der Waals surface area contributed by atoms with Crippen LogP contribution in [0.3, 0.4) is 0 Å². The third kappa shape index (κ3) is 3.93. The standard InChI is InChI=1S/C15H24N4O/c1-3-4-5-15(20)19-12-9-17(10-13-19)8-11-18-7-6-16-14(18)2/h3,6-7H,1,4-5,8-13H2,2H3. The molecule has 0 aliphatic carbocycles. The van der Waals surface area contributed by atoms with Crippen LogP contribution in [0.2, 0.25) is 0 Å². The van der Waals surface area contributed by atoms with Crippen molar-refractivity contribution in [2.45, 2.75) is 26.3 Å². The number of amides is 1. The number of imidazole rings is 1. The van der Waals surface area contributed by atoms with Crippen LogP contribution in [0.4, 0.5) is 0 Å². The molecule has 0 unspecified atom stereocenters. The molecule has 0 bridgehead atoms. The average Bonchev–Trinajstić information content (AvgIpc) is 2.88. The van der Waals surface area contributed by atoms with Crippen LogP contribution in [0.15, 0.2) is 25.0 Å². The van der Waals surface area contributed by atoms with E-state index in [0.717, 1.165) is 51.5 Å². The summed E-state index contributed by atoms with van der Waals surface area (Å²) in [6, 6.07) is 0. The van der Waals surface area contributed by atoms with Crippen molar-refractivity contribution >= 4 is 5.91 Å². The molecule has 110 valence electrons. The molecule has 1 fully saturated rings. The summed E-state index contributed by atoms with van der Waals surface area (Å²) in [5.74, 6) is 1.32. The van der Waals surface area contributed by atoms with Gasteiger partial charge in [0.15, 0.2) is 0 Å². The largest absolute Gasteiger partial charge is 0.340 e. The molecule has 1 amide bonds. The van der Waals surface area contributed by atoms with Gasteiger partial charge in [-0.3, -0.25) is 9.69 Å². The van der Waals surface area contributed by atoms with Gasteiger partial charge in [0.2, 0.25) is 5.91 Å². The number of hydrogen-bond acceptors (Lipinski definition) is 3. The van der Waals surface area contributed by atoms with Gasteiger partial charge in [0.05, 0.1) is 0 Å². The molecule has 0 saturated carbocycles. The van der Waals surface area contributed by atoms with Crippen molar-refractivity contribution in [1.82, 2.24) is 19.4 Å². The number of nitrogens with zero attached hydrogens (tertiary/aromatic N) is 4. The van der Waals surface area contributed by atoms with E-state index in [2.05, 4.69) is 21.0 Å². The molecule has 1 aromatic heterocycles.